The molecule has 148 valence electrons. The molecule has 0 radical (unpaired) electrons. The standard InChI is InChI=1S/C22H21N3O4/c1-12-5-6-16-14(7-12)15(10-23-16)17-11-24-22(26)20(25-17)13-8-18(27-2)21(29-4)19(9-13)28-3/h5-11,23H,1-4H3,(H,24,26). The summed E-state index contributed by atoms with van der Waals surface area (Å²) >= 11 is 0. The number of nitrogens with one attached hydrogen (secondary N) is 2. The quantitative estimate of drug-likeness (QED) is 0.538. The number of fused-ring (bicyclic) bond motifs is 1. The fraction of sp³-hybridized carbons (Fsp3) is 0.182. The molecule has 2 aromatic heterocycles. The van der Waals surface area contributed by atoms with Gasteiger partial charge in [0, 0.05) is 34.4 Å². The summed E-state index contributed by atoms with van der Waals surface area (Å²) in [6.07, 6.45) is 3.51. The highest BCUT2D eigenvalue weighted by Gasteiger charge is 2.18. The predicted octanol–water partition coefficient (Wildman–Crippen LogP) is 3.92. The highest BCUT2D eigenvalue weighted by atomic mass is 16.5. The summed E-state index contributed by atoms with van der Waals surface area (Å²) in [7, 11) is 4.59. The molecule has 0 aliphatic rings. The number of aromatic amines is 2. The van der Waals surface area contributed by atoms with E-state index in [4.69, 9.17) is 14.2 Å². The van der Waals surface area contributed by atoms with Crippen molar-refractivity contribution >= 4 is 10.9 Å². The van der Waals surface area contributed by atoms with Gasteiger partial charge in [-0.05, 0) is 31.2 Å². The lowest BCUT2D eigenvalue weighted by Crippen LogP contribution is -2.11. The second kappa shape index (κ2) is 7.35. The minimum atomic E-state index is -0.306. The van der Waals surface area contributed by atoms with E-state index in [2.05, 4.69) is 21.0 Å². The normalized spacial score (nSPS) is 10.9. The van der Waals surface area contributed by atoms with Crippen LogP contribution in [-0.2, 0) is 0 Å². The molecule has 0 bridgehead atoms. The van der Waals surface area contributed by atoms with Gasteiger partial charge in [0.1, 0.15) is 5.69 Å². The van der Waals surface area contributed by atoms with Crippen molar-refractivity contribution < 1.29 is 14.2 Å². The van der Waals surface area contributed by atoms with Crippen LogP contribution in [0, 0.1) is 6.92 Å². The van der Waals surface area contributed by atoms with Gasteiger partial charge in [0.2, 0.25) is 5.75 Å². The van der Waals surface area contributed by atoms with Crippen LogP contribution in [0.5, 0.6) is 17.2 Å². The third-order valence-electron chi connectivity index (χ3n) is 4.84. The van der Waals surface area contributed by atoms with Crippen LogP contribution in [0.2, 0.25) is 0 Å². The van der Waals surface area contributed by atoms with Gasteiger partial charge in [-0.2, -0.15) is 0 Å². The molecule has 2 aromatic carbocycles. The molecule has 4 rings (SSSR count). The molecule has 2 N–H and O–H groups in total. The van der Waals surface area contributed by atoms with E-state index in [0.717, 1.165) is 22.0 Å². The smallest absolute Gasteiger partial charge is 0.274 e. The second-order valence-corrected chi connectivity index (χ2v) is 6.63. The molecule has 7 nitrogen and oxygen atoms in total. The molecular weight excluding hydrogens is 370 g/mol. The number of hydrogen-bond acceptors (Lipinski definition) is 5. The number of aryl methyl sites for hydroxylation is 1. The van der Waals surface area contributed by atoms with E-state index in [1.807, 2.05) is 25.3 Å². The third-order valence-corrected chi connectivity index (χ3v) is 4.84. The fourth-order valence-electron chi connectivity index (χ4n) is 3.40. The zero-order valence-electron chi connectivity index (χ0n) is 16.6. The molecule has 0 aliphatic carbocycles. The van der Waals surface area contributed by atoms with Crippen LogP contribution in [-0.4, -0.2) is 36.3 Å². The lowest BCUT2D eigenvalue weighted by molar-refractivity contribution is 0.324. The summed E-state index contributed by atoms with van der Waals surface area (Å²) in [6.45, 7) is 2.04. The SMILES string of the molecule is COc1cc(-c2nc(-c3c[nH]c4ccc(C)cc34)c[nH]c2=O)cc(OC)c1OC. The van der Waals surface area contributed by atoms with Gasteiger partial charge in [-0.1, -0.05) is 11.6 Å². The highest BCUT2D eigenvalue weighted by Crippen LogP contribution is 2.40. The zero-order chi connectivity index (χ0) is 20.5. The van der Waals surface area contributed by atoms with Crippen LogP contribution in [0.1, 0.15) is 5.56 Å². The maximum atomic E-state index is 12.6. The molecule has 0 atom stereocenters. The molecule has 0 spiro atoms. The first-order valence-electron chi connectivity index (χ1n) is 9.04. The number of hydrogen-bond donors (Lipinski definition) is 2. The molecule has 4 aromatic rings. The first kappa shape index (κ1) is 18.6. The Morgan fingerprint density at radius 2 is 1.62 bits per heavy atom. The number of methoxy groups -OCH3 is 3. The average molecular weight is 391 g/mol. The summed E-state index contributed by atoms with van der Waals surface area (Å²) < 4.78 is 16.2. The summed E-state index contributed by atoms with van der Waals surface area (Å²) in [5, 5.41) is 1.04. The fourth-order valence-corrected chi connectivity index (χ4v) is 3.40. The molecule has 0 amide bonds. The van der Waals surface area contributed by atoms with Crippen LogP contribution in [0.3, 0.4) is 0 Å². The summed E-state index contributed by atoms with van der Waals surface area (Å²) in [6, 6.07) is 9.58. The topological polar surface area (TPSA) is 89.2 Å². The Kier molecular flexibility index (Phi) is 4.72. The van der Waals surface area contributed by atoms with E-state index in [-0.39, 0.29) is 11.3 Å². The molecule has 29 heavy (non-hydrogen) atoms. The van der Waals surface area contributed by atoms with Crippen molar-refractivity contribution in [2.24, 2.45) is 0 Å². The number of rotatable bonds is 5. The molecule has 0 saturated carbocycles. The van der Waals surface area contributed by atoms with Gasteiger partial charge in [0.15, 0.2) is 11.5 Å². The summed E-state index contributed by atoms with van der Waals surface area (Å²) in [5.41, 5.74) is 4.25. The Bertz CT molecular complexity index is 1230. The minimum absolute atomic E-state index is 0.267. The first-order valence-corrected chi connectivity index (χ1v) is 9.04. The maximum absolute atomic E-state index is 12.6. The molecule has 0 aliphatic heterocycles. The van der Waals surface area contributed by atoms with Crippen molar-refractivity contribution in [3.05, 3.63) is 58.6 Å². The first-order chi connectivity index (χ1) is 14.0. The van der Waals surface area contributed by atoms with E-state index in [9.17, 15) is 4.79 Å². The summed E-state index contributed by atoms with van der Waals surface area (Å²) in [5.74, 6) is 1.37. The van der Waals surface area contributed by atoms with E-state index >= 15 is 0 Å². The monoisotopic (exact) mass is 391 g/mol. The van der Waals surface area contributed by atoms with Crippen molar-refractivity contribution in [1.82, 2.24) is 15.0 Å². The zero-order valence-corrected chi connectivity index (χ0v) is 16.6. The van der Waals surface area contributed by atoms with Crippen LogP contribution >= 0.6 is 0 Å². The Morgan fingerprint density at radius 1 is 0.897 bits per heavy atom. The Balaban J connectivity index is 1.90. The van der Waals surface area contributed by atoms with Gasteiger partial charge in [0.05, 0.1) is 27.0 Å². The predicted molar refractivity (Wildman–Crippen MR) is 112 cm³/mol. The molecule has 0 unspecified atom stereocenters. The Morgan fingerprint density at radius 3 is 2.28 bits per heavy atom. The summed E-state index contributed by atoms with van der Waals surface area (Å²) in [4.78, 5) is 23.3. The van der Waals surface area contributed by atoms with Crippen LogP contribution < -0.4 is 19.8 Å². The molecule has 0 fully saturated rings. The van der Waals surface area contributed by atoms with Gasteiger partial charge < -0.3 is 24.2 Å². The van der Waals surface area contributed by atoms with Crippen molar-refractivity contribution in [2.45, 2.75) is 6.92 Å². The van der Waals surface area contributed by atoms with Gasteiger partial charge in [-0.25, -0.2) is 4.98 Å². The number of aromatic nitrogens is 3. The molecule has 0 saturated heterocycles. The lowest BCUT2D eigenvalue weighted by Gasteiger charge is -2.14. The van der Waals surface area contributed by atoms with Gasteiger partial charge in [0.25, 0.3) is 5.56 Å². The maximum Gasteiger partial charge on any atom is 0.274 e. The number of nitrogens with zero attached hydrogens (tertiary/aromatic N) is 1. The highest BCUT2D eigenvalue weighted by molar-refractivity contribution is 5.95. The third kappa shape index (κ3) is 3.20. The largest absolute Gasteiger partial charge is 0.493 e. The average Bonchev–Trinajstić information content (AvgIpc) is 3.16. The van der Waals surface area contributed by atoms with Gasteiger partial charge in [-0.3, -0.25) is 4.79 Å². The van der Waals surface area contributed by atoms with Crippen LogP contribution in [0.4, 0.5) is 0 Å². The lowest BCUT2D eigenvalue weighted by atomic mass is 10.1. The minimum Gasteiger partial charge on any atom is -0.493 e. The van der Waals surface area contributed by atoms with Crippen molar-refractivity contribution in [1.29, 1.82) is 0 Å². The van der Waals surface area contributed by atoms with E-state index in [1.54, 1.807) is 18.3 Å². The van der Waals surface area contributed by atoms with E-state index in [1.165, 1.54) is 21.3 Å². The van der Waals surface area contributed by atoms with Crippen molar-refractivity contribution in [3.8, 4) is 39.8 Å². The molecule has 2 heterocycles. The number of H-pyrrole nitrogens is 2. The molecular formula is C22H21N3O4. The number of benzene rings is 2. The van der Waals surface area contributed by atoms with Crippen molar-refractivity contribution in [3.63, 3.8) is 0 Å². The number of ether oxygens (including phenoxy) is 3. The van der Waals surface area contributed by atoms with Gasteiger partial charge >= 0.3 is 0 Å². The Hall–Kier alpha value is -3.74. The van der Waals surface area contributed by atoms with Crippen LogP contribution in [0.25, 0.3) is 33.4 Å². The second-order valence-electron chi connectivity index (χ2n) is 6.63. The van der Waals surface area contributed by atoms with Crippen molar-refractivity contribution in [2.75, 3.05) is 21.3 Å². The van der Waals surface area contributed by atoms with E-state index in [0.29, 0.717) is 28.5 Å². The van der Waals surface area contributed by atoms with E-state index < -0.39 is 0 Å². The Labute approximate surface area is 167 Å². The van der Waals surface area contributed by atoms with Crippen LogP contribution in [0.15, 0.2) is 47.5 Å². The molecule has 7 heteroatoms. The van der Waals surface area contributed by atoms with Gasteiger partial charge in [-0.15, -0.1) is 0 Å².